The molecule has 2 N–H and O–H groups in total. The third-order valence-corrected chi connectivity index (χ3v) is 4.20. The van der Waals surface area contributed by atoms with Crippen molar-refractivity contribution in [2.24, 2.45) is 12.0 Å². The Hall–Kier alpha value is -1.42. The molecule has 0 fully saturated rings. The summed E-state index contributed by atoms with van der Waals surface area (Å²) in [6.45, 7) is 7.84. The van der Waals surface area contributed by atoms with Crippen LogP contribution in [0.1, 0.15) is 32.2 Å². The predicted molar refractivity (Wildman–Crippen MR) is 114 cm³/mol. The number of guanidine groups is 1. The molecule has 0 saturated heterocycles. The Kier molecular flexibility index (Phi) is 8.75. The summed E-state index contributed by atoms with van der Waals surface area (Å²) in [6.07, 6.45) is 1.50. The monoisotopic (exact) mass is 494 g/mol. The van der Waals surface area contributed by atoms with E-state index in [1.165, 1.54) is 18.5 Å². The predicted octanol–water partition coefficient (Wildman–Crippen LogP) is 3.26. The van der Waals surface area contributed by atoms with Crippen LogP contribution < -0.4 is 10.6 Å². The lowest BCUT2D eigenvalue weighted by Crippen LogP contribution is -2.43. The van der Waals surface area contributed by atoms with Crippen LogP contribution in [0.4, 0.5) is 4.39 Å². The van der Waals surface area contributed by atoms with E-state index in [4.69, 9.17) is 11.6 Å². The maximum atomic E-state index is 13.3. The van der Waals surface area contributed by atoms with Crippen LogP contribution in [0.3, 0.4) is 0 Å². The summed E-state index contributed by atoms with van der Waals surface area (Å²) in [5, 5.41) is 11.0. The smallest absolute Gasteiger partial charge is 0.191 e. The van der Waals surface area contributed by atoms with Crippen molar-refractivity contribution in [3.8, 4) is 0 Å². The number of aliphatic imine (C=N–C) groups is 1. The Balaban J connectivity index is 0.00000338. The largest absolute Gasteiger partial charge is 0.357 e. The van der Waals surface area contributed by atoms with Gasteiger partial charge in [-0.2, -0.15) is 5.10 Å². The molecule has 0 aliphatic carbocycles. The van der Waals surface area contributed by atoms with Gasteiger partial charge in [0.05, 0.1) is 0 Å². The molecule has 0 radical (unpaired) electrons. The lowest BCUT2D eigenvalue weighted by atomic mass is 9.84. The van der Waals surface area contributed by atoms with Gasteiger partial charge in [0.1, 0.15) is 24.5 Å². The van der Waals surface area contributed by atoms with Crippen molar-refractivity contribution in [1.29, 1.82) is 0 Å². The highest BCUT2D eigenvalue weighted by Gasteiger charge is 2.24. The Morgan fingerprint density at radius 3 is 2.65 bits per heavy atom. The van der Waals surface area contributed by atoms with E-state index >= 15 is 0 Å². The minimum absolute atomic E-state index is 0. The maximum absolute atomic E-state index is 13.3. The second-order valence-corrected chi connectivity index (χ2v) is 6.76. The van der Waals surface area contributed by atoms with Crippen LogP contribution in [-0.4, -0.2) is 33.8 Å². The first-order valence-corrected chi connectivity index (χ1v) is 8.52. The molecule has 2 rings (SSSR count). The highest BCUT2D eigenvalue weighted by molar-refractivity contribution is 14.0. The molecule has 6 nitrogen and oxygen atoms in total. The maximum Gasteiger partial charge on any atom is 0.191 e. The Bertz CT molecular complexity index is 747. The number of hydrogen-bond donors (Lipinski definition) is 2. The SMILES string of the molecule is CCNC(=NCc1ncnn1C)NCC(C)(C)c1ccc(F)cc1Cl.I. The first kappa shape index (κ1) is 22.6. The van der Waals surface area contributed by atoms with E-state index in [1.807, 2.05) is 27.8 Å². The van der Waals surface area contributed by atoms with E-state index in [1.54, 1.807) is 10.7 Å². The number of halogens is 3. The molecule has 0 atom stereocenters. The number of nitrogens with one attached hydrogen (secondary N) is 2. The highest BCUT2D eigenvalue weighted by Crippen LogP contribution is 2.29. The average molecular weight is 495 g/mol. The van der Waals surface area contributed by atoms with Gasteiger partial charge in [0.25, 0.3) is 0 Å². The van der Waals surface area contributed by atoms with Gasteiger partial charge in [-0.1, -0.05) is 31.5 Å². The van der Waals surface area contributed by atoms with E-state index in [9.17, 15) is 4.39 Å². The zero-order valence-corrected chi connectivity index (χ0v) is 18.5. The molecule has 0 aliphatic heterocycles. The minimum atomic E-state index is -0.337. The zero-order valence-electron chi connectivity index (χ0n) is 15.4. The van der Waals surface area contributed by atoms with Crippen molar-refractivity contribution in [2.75, 3.05) is 13.1 Å². The van der Waals surface area contributed by atoms with Crippen molar-refractivity contribution in [3.05, 3.63) is 46.8 Å². The summed E-state index contributed by atoms with van der Waals surface area (Å²) >= 11 is 6.21. The van der Waals surface area contributed by atoms with Crippen molar-refractivity contribution < 1.29 is 4.39 Å². The molecule has 0 unspecified atom stereocenters. The summed E-state index contributed by atoms with van der Waals surface area (Å²) in [5.74, 6) is 1.12. The molecular weight excluding hydrogens is 470 g/mol. The van der Waals surface area contributed by atoms with E-state index in [0.29, 0.717) is 24.1 Å². The molecule has 0 amide bonds. The summed E-state index contributed by atoms with van der Waals surface area (Å²) in [7, 11) is 1.83. The lowest BCUT2D eigenvalue weighted by Gasteiger charge is -2.27. The van der Waals surface area contributed by atoms with E-state index in [0.717, 1.165) is 17.9 Å². The van der Waals surface area contributed by atoms with E-state index < -0.39 is 0 Å². The second-order valence-electron chi connectivity index (χ2n) is 6.36. The third-order valence-electron chi connectivity index (χ3n) is 3.89. The Morgan fingerprint density at radius 1 is 1.35 bits per heavy atom. The number of aryl methyl sites for hydroxylation is 1. The van der Waals surface area contributed by atoms with Crippen LogP contribution in [0.2, 0.25) is 5.02 Å². The number of aromatic nitrogens is 3. The average Bonchev–Trinajstić information content (AvgIpc) is 2.95. The summed E-state index contributed by atoms with van der Waals surface area (Å²) in [6, 6.07) is 4.49. The number of benzene rings is 1. The van der Waals surface area contributed by atoms with Gasteiger partial charge in [0.15, 0.2) is 5.96 Å². The topological polar surface area (TPSA) is 67.1 Å². The molecule has 26 heavy (non-hydrogen) atoms. The third kappa shape index (κ3) is 6.08. The molecule has 0 bridgehead atoms. The van der Waals surface area contributed by atoms with Crippen LogP contribution in [0.25, 0.3) is 0 Å². The molecule has 144 valence electrons. The van der Waals surface area contributed by atoms with Crippen molar-refractivity contribution >= 4 is 41.5 Å². The molecule has 1 aromatic carbocycles. The molecule has 0 aliphatic rings. The molecule has 9 heteroatoms. The van der Waals surface area contributed by atoms with Crippen LogP contribution >= 0.6 is 35.6 Å². The molecule has 0 spiro atoms. The first-order chi connectivity index (χ1) is 11.8. The summed E-state index contributed by atoms with van der Waals surface area (Å²) in [4.78, 5) is 8.69. The number of nitrogens with zero attached hydrogens (tertiary/aromatic N) is 4. The number of hydrogen-bond acceptors (Lipinski definition) is 3. The zero-order chi connectivity index (χ0) is 18.4. The molecule has 1 heterocycles. The van der Waals surface area contributed by atoms with Crippen LogP contribution in [-0.2, 0) is 19.0 Å². The van der Waals surface area contributed by atoms with Gasteiger partial charge in [-0.15, -0.1) is 24.0 Å². The van der Waals surface area contributed by atoms with Gasteiger partial charge < -0.3 is 10.6 Å². The van der Waals surface area contributed by atoms with Crippen molar-refractivity contribution in [1.82, 2.24) is 25.4 Å². The normalized spacial score (nSPS) is 11.8. The fourth-order valence-corrected chi connectivity index (χ4v) is 2.82. The second kappa shape index (κ2) is 10.1. The van der Waals surface area contributed by atoms with Gasteiger partial charge >= 0.3 is 0 Å². The van der Waals surface area contributed by atoms with E-state index in [-0.39, 0.29) is 35.2 Å². The van der Waals surface area contributed by atoms with Crippen molar-refractivity contribution in [3.63, 3.8) is 0 Å². The summed E-state index contributed by atoms with van der Waals surface area (Å²) in [5.41, 5.74) is 0.582. The fourth-order valence-electron chi connectivity index (χ4n) is 2.39. The minimum Gasteiger partial charge on any atom is -0.357 e. The van der Waals surface area contributed by atoms with Gasteiger partial charge in [-0.3, -0.25) is 4.68 Å². The van der Waals surface area contributed by atoms with Crippen molar-refractivity contribution in [2.45, 2.75) is 32.7 Å². The standard InChI is InChI=1S/C17H24ClFN6.HI/c1-5-20-16(21-9-15-23-11-24-25(15)4)22-10-17(2,3)13-7-6-12(19)8-14(13)18;/h6-8,11H,5,9-10H2,1-4H3,(H2,20,21,22);1H. The van der Waals surface area contributed by atoms with Gasteiger partial charge in [0.2, 0.25) is 0 Å². The fraction of sp³-hybridized carbons (Fsp3) is 0.471. The number of rotatable bonds is 6. The first-order valence-electron chi connectivity index (χ1n) is 8.14. The van der Waals surface area contributed by atoms with E-state index in [2.05, 4.69) is 25.7 Å². The highest BCUT2D eigenvalue weighted by atomic mass is 127. The molecular formula is C17H25ClFIN6. The van der Waals surface area contributed by atoms with Crippen LogP contribution in [0, 0.1) is 5.82 Å². The Labute approximate surface area is 175 Å². The van der Waals surface area contributed by atoms with Gasteiger partial charge in [-0.05, 0) is 24.6 Å². The summed E-state index contributed by atoms with van der Waals surface area (Å²) < 4.78 is 15.0. The molecule has 0 saturated carbocycles. The van der Waals surface area contributed by atoms with Gasteiger partial charge in [-0.25, -0.2) is 14.4 Å². The Morgan fingerprint density at radius 2 is 2.08 bits per heavy atom. The lowest BCUT2D eigenvalue weighted by molar-refractivity contribution is 0.507. The molecule has 2 aromatic rings. The van der Waals surface area contributed by atoms with Crippen LogP contribution in [0.15, 0.2) is 29.5 Å². The quantitative estimate of drug-likeness (QED) is 0.368. The molecule has 1 aromatic heterocycles. The van der Waals surface area contributed by atoms with Gasteiger partial charge in [0, 0.05) is 30.6 Å². The van der Waals surface area contributed by atoms with Crippen LogP contribution in [0.5, 0.6) is 0 Å².